The van der Waals surface area contributed by atoms with Crippen LogP contribution < -0.4 is 5.32 Å². The number of Topliss-reactive ketones (excluding diaryl/α,β-unsaturated/α-hetero) is 1. The minimum absolute atomic E-state index is 0.0793. The number of benzene rings is 1. The van der Waals surface area contributed by atoms with Gasteiger partial charge >= 0.3 is 0 Å². The summed E-state index contributed by atoms with van der Waals surface area (Å²) in [5.41, 5.74) is 0.564. The standard InChI is InChI=1S/C14H11Cl2NO3S/c15-9-3-1-2-8(6-9)10(18)7-17-14(20)13(19)11-4-5-12(16)21-11/h1-6,10,18H,7H2,(H,17,20). The van der Waals surface area contributed by atoms with Crippen molar-refractivity contribution in [3.05, 3.63) is 56.2 Å². The van der Waals surface area contributed by atoms with Crippen LogP contribution >= 0.6 is 34.5 Å². The van der Waals surface area contributed by atoms with Gasteiger partial charge in [0, 0.05) is 11.6 Å². The molecule has 0 saturated heterocycles. The fourth-order valence-electron chi connectivity index (χ4n) is 1.65. The molecular formula is C14H11Cl2NO3S. The zero-order valence-electron chi connectivity index (χ0n) is 10.7. The zero-order valence-corrected chi connectivity index (χ0v) is 13.0. The fourth-order valence-corrected chi connectivity index (χ4v) is 2.83. The third-order valence-corrected chi connectivity index (χ3v) is 4.16. The van der Waals surface area contributed by atoms with E-state index in [1.165, 1.54) is 6.07 Å². The number of thiophene rings is 1. The van der Waals surface area contributed by atoms with Gasteiger partial charge in [-0.25, -0.2) is 0 Å². The van der Waals surface area contributed by atoms with Gasteiger partial charge in [0.05, 0.1) is 15.3 Å². The number of hydrogen-bond acceptors (Lipinski definition) is 4. The Balaban J connectivity index is 1.93. The van der Waals surface area contributed by atoms with Gasteiger partial charge in [-0.2, -0.15) is 0 Å². The van der Waals surface area contributed by atoms with Crippen LogP contribution in [0.15, 0.2) is 36.4 Å². The van der Waals surface area contributed by atoms with E-state index < -0.39 is 17.8 Å². The molecule has 2 rings (SSSR count). The Morgan fingerprint density at radius 3 is 2.62 bits per heavy atom. The molecule has 1 atom stereocenters. The lowest BCUT2D eigenvalue weighted by Gasteiger charge is -2.11. The van der Waals surface area contributed by atoms with Crippen molar-refractivity contribution >= 4 is 46.2 Å². The van der Waals surface area contributed by atoms with Crippen molar-refractivity contribution in [3.63, 3.8) is 0 Å². The summed E-state index contributed by atoms with van der Waals surface area (Å²) >= 11 is 12.6. The van der Waals surface area contributed by atoms with E-state index in [1.54, 1.807) is 30.3 Å². The fraction of sp³-hybridized carbons (Fsp3) is 0.143. The molecule has 2 N–H and O–H groups in total. The van der Waals surface area contributed by atoms with Gasteiger partial charge in [0.2, 0.25) is 0 Å². The number of ketones is 1. The highest BCUT2D eigenvalue weighted by atomic mass is 35.5. The number of hydrogen-bond donors (Lipinski definition) is 2. The van der Waals surface area contributed by atoms with E-state index in [9.17, 15) is 14.7 Å². The minimum atomic E-state index is -0.938. The molecule has 1 aromatic carbocycles. The highest BCUT2D eigenvalue weighted by Gasteiger charge is 2.19. The number of carbonyl (C=O) groups excluding carboxylic acids is 2. The van der Waals surface area contributed by atoms with E-state index >= 15 is 0 Å². The monoisotopic (exact) mass is 343 g/mol. The molecule has 0 saturated carbocycles. The van der Waals surface area contributed by atoms with Gasteiger partial charge < -0.3 is 10.4 Å². The molecule has 1 heterocycles. The topological polar surface area (TPSA) is 66.4 Å². The molecule has 110 valence electrons. The number of aliphatic hydroxyl groups is 1. The number of carbonyl (C=O) groups is 2. The average molecular weight is 344 g/mol. The summed E-state index contributed by atoms with van der Waals surface area (Å²) in [5, 5.41) is 12.8. The Morgan fingerprint density at radius 2 is 2.00 bits per heavy atom. The van der Waals surface area contributed by atoms with Crippen molar-refractivity contribution in [3.8, 4) is 0 Å². The lowest BCUT2D eigenvalue weighted by molar-refractivity contribution is -0.117. The number of rotatable bonds is 5. The molecule has 1 unspecified atom stereocenters. The molecule has 1 amide bonds. The van der Waals surface area contributed by atoms with E-state index in [2.05, 4.69) is 5.32 Å². The SMILES string of the molecule is O=C(NCC(O)c1cccc(Cl)c1)C(=O)c1ccc(Cl)s1. The molecule has 21 heavy (non-hydrogen) atoms. The summed E-state index contributed by atoms with van der Waals surface area (Å²) < 4.78 is 0.435. The van der Waals surface area contributed by atoms with Crippen LogP contribution in [0.4, 0.5) is 0 Å². The average Bonchev–Trinajstić information content (AvgIpc) is 2.90. The van der Waals surface area contributed by atoms with Crippen molar-refractivity contribution in [2.75, 3.05) is 6.54 Å². The molecule has 0 aliphatic heterocycles. The second-order valence-electron chi connectivity index (χ2n) is 4.21. The third-order valence-electron chi connectivity index (χ3n) is 2.69. The van der Waals surface area contributed by atoms with E-state index in [4.69, 9.17) is 23.2 Å². The largest absolute Gasteiger partial charge is 0.387 e. The van der Waals surface area contributed by atoms with Gasteiger partial charge in [0.15, 0.2) is 0 Å². The lowest BCUT2D eigenvalue weighted by atomic mass is 10.1. The Morgan fingerprint density at radius 1 is 1.24 bits per heavy atom. The predicted octanol–water partition coefficient (Wildman–Crippen LogP) is 3.09. The molecule has 0 bridgehead atoms. The van der Waals surface area contributed by atoms with Crippen molar-refractivity contribution in [1.29, 1.82) is 0 Å². The number of aliphatic hydroxyl groups excluding tert-OH is 1. The van der Waals surface area contributed by atoms with Crippen LogP contribution in [0.5, 0.6) is 0 Å². The van der Waals surface area contributed by atoms with Crippen molar-refractivity contribution in [1.82, 2.24) is 5.32 Å². The summed E-state index contributed by atoms with van der Waals surface area (Å²) in [6.45, 7) is -0.0793. The second-order valence-corrected chi connectivity index (χ2v) is 6.37. The summed E-state index contributed by atoms with van der Waals surface area (Å²) in [4.78, 5) is 23.8. The Labute approximate surface area is 135 Å². The van der Waals surface area contributed by atoms with Crippen molar-refractivity contribution < 1.29 is 14.7 Å². The Bertz CT molecular complexity index is 672. The smallest absolute Gasteiger partial charge is 0.293 e. The van der Waals surface area contributed by atoms with E-state index in [0.717, 1.165) is 11.3 Å². The second kappa shape index (κ2) is 7.04. The van der Waals surface area contributed by atoms with Crippen LogP contribution in [0, 0.1) is 0 Å². The summed E-state index contributed by atoms with van der Waals surface area (Å²) in [7, 11) is 0. The van der Waals surface area contributed by atoms with Crippen LogP contribution in [-0.4, -0.2) is 23.3 Å². The van der Waals surface area contributed by atoms with Gasteiger partial charge in [0.25, 0.3) is 11.7 Å². The summed E-state index contributed by atoms with van der Waals surface area (Å²) in [6.07, 6.45) is -0.938. The molecule has 2 aromatic rings. The number of amides is 1. The summed E-state index contributed by atoms with van der Waals surface area (Å²) in [5.74, 6) is -1.46. The van der Waals surface area contributed by atoms with Gasteiger partial charge in [-0.3, -0.25) is 9.59 Å². The highest BCUT2D eigenvalue weighted by molar-refractivity contribution is 7.18. The Hall–Kier alpha value is -1.40. The molecule has 7 heteroatoms. The molecule has 0 aliphatic rings. The maximum atomic E-state index is 11.8. The molecule has 0 fully saturated rings. The molecule has 0 radical (unpaired) electrons. The van der Waals surface area contributed by atoms with Gasteiger partial charge in [-0.15, -0.1) is 11.3 Å². The van der Waals surface area contributed by atoms with Crippen LogP contribution in [0.2, 0.25) is 9.36 Å². The molecule has 4 nitrogen and oxygen atoms in total. The molecule has 0 aliphatic carbocycles. The zero-order chi connectivity index (χ0) is 15.4. The highest BCUT2D eigenvalue weighted by Crippen LogP contribution is 2.22. The van der Waals surface area contributed by atoms with E-state index in [1.807, 2.05) is 0 Å². The van der Waals surface area contributed by atoms with Crippen LogP contribution in [0.25, 0.3) is 0 Å². The van der Waals surface area contributed by atoms with Crippen molar-refractivity contribution in [2.45, 2.75) is 6.10 Å². The predicted molar refractivity (Wildman–Crippen MR) is 83.1 cm³/mol. The first-order valence-corrected chi connectivity index (χ1v) is 7.56. The summed E-state index contributed by atoms with van der Waals surface area (Å²) in [6, 6.07) is 9.70. The maximum absolute atomic E-state index is 11.8. The first kappa shape index (κ1) is 16.0. The normalized spacial score (nSPS) is 12.0. The molecule has 0 spiro atoms. The van der Waals surface area contributed by atoms with Gasteiger partial charge in [-0.1, -0.05) is 35.3 Å². The van der Waals surface area contributed by atoms with Crippen LogP contribution in [-0.2, 0) is 4.79 Å². The minimum Gasteiger partial charge on any atom is -0.387 e. The number of nitrogens with one attached hydrogen (secondary N) is 1. The van der Waals surface area contributed by atoms with Crippen LogP contribution in [0.1, 0.15) is 21.3 Å². The first-order valence-electron chi connectivity index (χ1n) is 5.99. The van der Waals surface area contributed by atoms with E-state index in [-0.39, 0.29) is 11.4 Å². The maximum Gasteiger partial charge on any atom is 0.293 e. The molecule has 1 aromatic heterocycles. The third kappa shape index (κ3) is 4.28. The van der Waals surface area contributed by atoms with Crippen LogP contribution in [0.3, 0.4) is 0 Å². The van der Waals surface area contributed by atoms with Gasteiger partial charge in [0.1, 0.15) is 0 Å². The lowest BCUT2D eigenvalue weighted by Crippen LogP contribution is -2.33. The Kier molecular flexibility index (Phi) is 5.36. The van der Waals surface area contributed by atoms with Gasteiger partial charge in [-0.05, 0) is 29.8 Å². The van der Waals surface area contributed by atoms with E-state index in [0.29, 0.717) is 14.9 Å². The number of halogens is 2. The first-order chi connectivity index (χ1) is 9.97. The molecular weight excluding hydrogens is 333 g/mol. The quantitative estimate of drug-likeness (QED) is 0.647. The van der Waals surface area contributed by atoms with Crippen molar-refractivity contribution in [2.24, 2.45) is 0 Å².